The van der Waals surface area contributed by atoms with E-state index in [2.05, 4.69) is 51.4 Å². The second-order valence-corrected chi connectivity index (χ2v) is 8.46. The first kappa shape index (κ1) is 21.3. The Bertz CT molecular complexity index is 960. The molecule has 2 atom stereocenters. The number of hydrogen-bond donors (Lipinski definition) is 2. The fourth-order valence-electron chi connectivity index (χ4n) is 3.44. The first-order chi connectivity index (χ1) is 14.0. The van der Waals surface area contributed by atoms with Crippen molar-refractivity contribution in [1.29, 1.82) is 0 Å². The monoisotopic (exact) mass is 411 g/mol. The maximum absolute atomic E-state index is 12.2. The molecule has 0 amide bonds. The van der Waals surface area contributed by atoms with Crippen LogP contribution < -0.4 is 21.5 Å². The van der Waals surface area contributed by atoms with Crippen LogP contribution in [0.3, 0.4) is 0 Å². The van der Waals surface area contributed by atoms with Crippen LogP contribution in [-0.4, -0.2) is 37.6 Å². The van der Waals surface area contributed by atoms with Crippen LogP contribution in [0.5, 0.6) is 0 Å². The minimum absolute atomic E-state index is 0.127. The molecule has 0 spiro atoms. The highest BCUT2D eigenvalue weighted by atomic mass is 32.1. The summed E-state index contributed by atoms with van der Waals surface area (Å²) < 4.78 is 0. The van der Waals surface area contributed by atoms with Crippen molar-refractivity contribution >= 4 is 22.7 Å². The molecular formula is C23H29N3O2S. The smallest absolute Gasteiger partial charge is 0.253 e. The number of likely N-dealkylation sites (N-methyl/N-ethyl adjacent to an activating group) is 1. The summed E-state index contributed by atoms with van der Waals surface area (Å²) in [6.45, 7) is 2.69. The Morgan fingerprint density at radius 1 is 0.966 bits per heavy atom. The molecule has 1 heterocycles. The molecule has 0 aliphatic rings. The molecule has 2 N–H and O–H groups in total. The number of rotatable bonds is 11. The van der Waals surface area contributed by atoms with E-state index in [1.807, 2.05) is 32.3 Å². The molecule has 0 saturated heterocycles. The molecule has 0 aliphatic heterocycles. The number of anilines is 2. The molecular weight excluding hydrogens is 382 g/mol. The van der Waals surface area contributed by atoms with Gasteiger partial charge in [-0.2, -0.15) is 11.3 Å². The lowest BCUT2D eigenvalue weighted by Gasteiger charge is -2.27. The molecule has 0 fully saturated rings. The highest BCUT2D eigenvalue weighted by Crippen LogP contribution is 2.20. The summed E-state index contributed by atoms with van der Waals surface area (Å²) in [7, 11) is 4.06. The summed E-state index contributed by atoms with van der Waals surface area (Å²) in [5.74, 6) is 0. The Labute approximate surface area is 176 Å². The molecule has 29 heavy (non-hydrogen) atoms. The number of nitrogens with one attached hydrogen (secondary N) is 2. The van der Waals surface area contributed by atoms with Gasteiger partial charge in [0.15, 0.2) is 0 Å². The number of hydrogen-bond acceptors (Lipinski definition) is 6. The van der Waals surface area contributed by atoms with E-state index < -0.39 is 10.9 Å². The average Bonchev–Trinajstić information content (AvgIpc) is 3.24. The Morgan fingerprint density at radius 2 is 1.69 bits per heavy atom. The minimum Gasteiger partial charge on any atom is -0.378 e. The Hall–Kier alpha value is -2.44. The Kier molecular flexibility index (Phi) is 7.23. The van der Waals surface area contributed by atoms with Crippen LogP contribution in [0.1, 0.15) is 24.5 Å². The molecule has 6 heteroatoms. The molecule has 0 bridgehead atoms. The fraction of sp³-hybridized carbons (Fsp3) is 0.391. The van der Waals surface area contributed by atoms with Gasteiger partial charge in [-0.3, -0.25) is 9.59 Å². The summed E-state index contributed by atoms with van der Waals surface area (Å²) in [6.07, 6.45) is 2.59. The van der Waals surface area contributed by atoms with Gasteiger partial charge >= 0.3 is 0 Å². The maximum atomic E-state index is 12.2. The van der Waals surface area contributed by atoms with Crippen LogP contribution in [0, 0.1) is 0 Å². The van der Waals surface area contributed by atoms with Crippen LogP contribution >= 0.6 is 11.3 Å². The molecule has 1 aromatic heterocycles. The molecule has 0 unspecified atom stereocenters. The number of benzene rings is 1. The lowest BCUT2D eigenvalue weighted by molar-refractivity contribution is 0.303. The Balaban J connectivity index is 1.65. The molecule has 0 aliphatic carbocycles. The van der Waals surface area contributed by atoms with Crippen molar-refractivity contribution in [3.8, 4) is 0 Å². The van der Waals surface area contributed by atoms with Crippen molar-refractivity contribution in [2.45, 2.75) is 38.3 Å². The van der Waals surface area contributed by atoms with Gasteiger partial charge in [0.2, 0.25) is 0 Å². The maximum Gasteiger partial charge on any atom is 0.253 e. The molecule has 3 rings (SSSR count). The molecule has 3 aromatic rings. The van der Waals surface area contributed by atoms with E-state index in [0.29, 0.717) is 17.9 Å². The standard InChI is InChI=1S/C23H29N3O2S/c1-4-18(12-17-10-11-29-15-17)25-21-20(22(27)23(21)28)24-14-19(26(2)3)13-16-8-6-5-7-9-16/h5-11,15,18-19,24-25H,4,12-14H2,1-3H3/t18-,19-/m1/s1. The van der Waals surface area contributed by atoms with E-state index in [4.69, 9.17) is 0 Å². The van der Waals surface area contributed by atoms with Crippen LogP contribution in [0.25, 0.3) is 0 Å². The van der Waals surface area contributed by atoms with Gasteiger partial charge in [0.1, 0.15) is 11.4 Å². The van der Waals surface area contributed by atoms with Gasteiger partial charge < -0.3 is 15.5 Å². The summed E-state index contributed by atoms with van der Waals surface area (Å²) >= 11 is 1.67. The van der Waals surface area contributed by atoms with E-state index in [9.17, 15) is 9.59 Å². The topological polar surface area (TPSA) is 61.4 Å². The first-order valence-corrected chi connectivity index (χ1v) is 11.0. The summed E-state index contributed by atoms with van der Waals surface area (Å²) in [5, 5.41) is 10.7. The van der Waals surface area contributed by atoms with E-state index >= 15 is 0 Å². The van der Waals surface area contributed by atoms with Gasteiger partial charge in [0.05, 0.1) is 0 Å². The second kappa shape index (κ2) is 9.85. The molecule has 0 radical (unpaired) electrons. The van der Waals surface area contributed by atoms with Gasteiger partial charge in [-0.05, 0) is 61.3 Å². The normalized spacial score (nSPS) is 13.5. The Morgan fingerprint density at radius 3 is 2.31 bits per heavy atom. The molecule has 5 nitrogen and oxygen atoms in total. The average molecular weight is 412 g/mol. The molecule has 0 saturated carbocycles. The van der Waals surface area contributed by atoms with Crippen LogP contribution in [0.15, 0.2) is 56.7 Å². The zero-order valence-electron chi connectivity index (χ0n) is 17.3. The summed E-state index contributed by atoms with van der Waals surface area (Å²) in [4.78, 5) is 26.5. The van der Waals surface area contributed by atoms with Crippen molar-refractivity contribution < 1.29 is 0 Å². The van der Waals surface area contributed by atoms with Gasteiger partial charge in [-0.1, -0.05) is 37.3 Å². The minimum atomic E-state index is -0.421. The SMILES string of the molecule is CC[C@H](Cc1ccsc1)Nc1c(NC[C@@H](Cc2ccccc2)N(C)C)c(=O)c1=O. The number of thiophene rings is 1. The zero-order valence-corrected chi connectivity index (χ0v) is 18.1. The van der Waals surface area contributed by atoms with E-state index in [0.717, 1.165) is 19.3 Å². The van der Waals surface area contributed by atoms with Crippen molar-refractivity contribution in [2.75, 3.05) is 31.3 Å². The summed E-state index contributed by atoms with van der Waals surface area (Å²) in [5.41, 5.74) is 2.53. The highest BCUT2D eigenvalue weighted by Gasteiger charge is 2.24. The van der Waals surface area contributed by atoms with Crippen LogP contribution in [0.4, 0.5) is 11.4 Å². The third-order valence-electron chi connectivity index (χ3n) is 5.37. The predicted octanol–water partition coefficient (Wildman–Crippen LogP) is 3.36. The largest absolute Gasteiger partial charge is 0.378 e. The third-order valence-corrected chi connectivity index (χ3v) is 6.10. The molecule has 154 valence electrons. The van der Waals surface area contributed by atoms with Gasteiger partial charge in [-0.25, -0.2) is 0 Å². The fourth-order valence-corrected chi connectivity index (χ4v) is 4.12. The van der Waals surface area contributed by atoms with Crippen LogP contribution in [0.2, 0.25) is 0 Å². The first-order valence-electron chi connectivity index (χ1n) is 10.0. The summed E-state index contributed by atoms with van der Waals surface area (Å²) in [6, 6.07) is 12.7. The second-order valence-electron chi connectivity index (χ2n) is 7.68. The van der Waals surface area contributed by atoms with Gasteiger partial charge in [0.25, 0.3) is 10.9 Å². The molecule has 2 aromatic carbocycles. The predicted molar refractivity (Wildman–Crippen MR) is 123 cm³/mol. The van der Waals surface area contributed by atoms with Crippen LogP contribution in [-0.2, 0) is 12.8 Å². The van der Waals surface area contributed by atoms with E-state index in [1.165, 1.54) is 11.1 Å². The van der Waals surface area contributed by atoms with Crippen molar-refractivity contribution in [3.05, 3.63) is 78.7 Å². The van der Waals surface area contributed by atoms with Crippen molar-refractivity contribution in [1.82, 2.24) is 4.90 Å². The van der Waals surface area contributed by atoms with Crippen molar-refractivity contribution in [3.63, 3.8) is 0 Å². The zero-order chi connectivity index (χ0) is 20.8. The van der Waals surface area contributed by atoms with E-state index in [1.54, 1.807) is 11.3 Å². The third kappa shape index (κ3) is 5.34. The lowest BCUT2D eigenvalue weighted by Crippen LogP contribution is -2.43. The van der Waals surface area contributed by atoms with Crippen molar-refractivity contribution in [2.24, 2.45) is 0 Å². The van der Waals surface area contributed by atoms with E-state index in [-0.39, 0.29) is 12.1 Å². The lowest BCUT2D eigenvalue weighted by atomic mass is 10.0. The van der Waals surface area contributed by atoms with Gasteiger partial charge in [-0.15, -0.1) is 0 Å². The van der Waals surface area contributed by atoms with Gasteiger partial charge in [0, 0.05) is 18.6 Å². The quantitative estimate of drug-likeness (QED) is 0.474. The number of nitrogens with zero attached hydrogens (tertiary/aromatic N) is 1. The highest BCUT2D eigenvalue weighted by molar-refractivity contribution is 7.07.